The molecule has 1 aromatic carbocycles. The van der Waals surface area contributed by atoms with Crippen LogP contribution in [0.25, 0.3) is 10.9 Å². The molecule has 88 valence electrons. The molecule has 1 amide bonds. The fourth-order valence-electron chi connectivity index (χ4n) is 1.81. The van der Waals surface area contributed by atoms with Crippen molar-refractivity contribution in [3.63, 3.8) is 0 Å². The van der Waals surface area contributed by atoms with E-state index in [4.69, 9.17) is 0 Å². The van der Waals surface area contributed by atoms with Crippen molar-refractivity contribution < 1.29 is 4.79 Å². The van der Waals surface area contributed by atoms with Crippen LogP contribution in [-0.2, 0) is 11.3 Å². The summed E-state index contributed by atoms with van der Waals surface area (Å²) >= 11 is 0. The zero-order valence-electron chi connectivity index (χ0n) is 9.64. The van der Waals surface area contributed by atoms with Crippen molar-refractivity contribution >= 4 is 16.8 Å². The maximum absolute atomic E-state index is 11.6. The van der Waals surface area contributed by atoms with E-state index in [1.165, 1.54) is 6.07 Å². The quantitative estimate of drug-likeness (QED) is 0.859. The van der Waals surface area contributed by atoms with Gasteiger partial charge in [0.25, 0.3) is 0 Å². The Morgan fingerprint density at radius 1 is 1.29 bits per heavy atom. The van der Waals surface area contributed by atoms with Crippen molar-refractivity contribution in [2.24, 2.45) is 0 Å². The summed E-state index contributed by atoms with van der Waals surface area (Å²) in [6, 6.07) is 8.78. The molecule has 1 N–H and O–H groups in total. The van der Waals surface area contributed by atoms with Gasteiger partial charge in [-0.1, -0.05) is 12.1 Å². The Hall–Kier alpha value is -2.10. The summed E-state index contributed by atoms with van der Waals surface area (Å²) in [5.74, 6) is -0.0543. The highest BCUT2D eigenvalue weighted by Gasteiger charge is 2.05. The van der Waals surface area contributed by atoms with Crippen LogP contribution in [-0.4, -0.2) is 17.0 Å². The fourth-order valence-corrected chi connectivity index (χ4v) is 1.81. The highest BCUT2D eigenvalue weighted by Crippen LogP contribution is 2.08. The van der Waals surface area contributed by atoms with E-state index >= 15 is 0 Å². The topological polar surface area (TPSA) is 51.1 Å². The molecule has 4 nitrogen and oxygen atoms in total. The van der Waals surface area contributed by atoms with E-state index in [1.807, 2.05) is 25.1 Å². The van der Waals surface area contributed by atoms with E-state index in [2.05, 4.69) is 5.32 Å². The summed E-state index contributed by atoms with van der Waals surface area (Å²) in [7, 11) is 0. The minimum absolute atomic E-state index is 0.0206. The molecule has 0 bridgehead atoms. The second-order valence-electron chi connectivity index (χ2n) is 3.78. The lowest BCUT2D eigenvalue weighted by Crippen LogP contribution is -2.27. The minimum atomic E-state index is -0.0543. The number of nitrogens with one attached hydrogen (secondary N) is 1. The molecule has 0 saturated carbocycles. The van der Waals surface area contributed by atoms with Crippen molar-refractivity contribution in [2.75, 3.05) is 6.54 Å². The molecule has 0 radical (unpaired) electrons. The number of aromatic nitrogens is 1. The van der Waals surface area contributed by atoms with Gasteiger partial charge in [0.2, 0.25) is 5.91 Å². The number of para-hydroxylation sites is 1. The van der Waals surface area contributed by atoms with Gasteiger partial charge in [-0.2, -0.15) is 0 Å². The molecule has 0 aliphatic carbocycles. The average Bonchev–Trinajstić information content (AvgIpc) is 2.34. The number of rotatable bonds is 3. The van der Waals surface area contributed by atoms with Gasteiger partial charge in [0, 0.05) is 24.2 Å². The first kappa shape index (κ1) is 11.4. The number of carbonyl (C=O) groups excluding carboxylic acids is 1. The van der Waals surface area contributed by atoms with E-state index in [-0.39, 0.29) is 17.9 Å². The van der Waals surface area contributed by atoms with Crippen LogP contribution in [0.15, 0.2) is 41.3 Å². The van der Waals surface area contributed by atoms with E-state index in [9.17, 15) is 9.59 Å². The second-order valence-corrected chi connectivity index (χ2v) is 3.78. The second kappa shape index (κ2) is 4.82. The third kappa shape index (κ3) is 2.36. The average molecular weight is 230 g/mol. The van der Waals surface area contributed by atoms with Gasteiger partial charge in [-0.05, 0) is 19.1 Å². The molecular weight excluding hydrogens is 216 g/mol. The van der Waals surface area contributed by atoms with Gasteiger partial charge in [-0.3, -0.25) is 9.59 Å². The van der Waals surface area contributed by atoms with Gasteiger partial charge in [0.1, 0.15) is 6.54 Å². The van der Waals surface area contributed by atoms with Crippen molar-refractivity contribution in [3.05, 3.63) is 46.8 Å². The number of hydrogen-bond acceptors (Lipinski definition) is 2. The Morgan fingerprint density at radius 2 is 2.06 bits per heavy atom. The predicted molar refractivity (Wildman–Crippen MR) is 66.9 cm³/mol. The summed E-state index contributed by atoms with van der Waals surface area (Å²) < 4.78 is 1.78. The summed E-state index contributed by atoms with van der Waals surface area (Å²) in [5.41, 5.74) is 0.763. The van der Waals surface area contributed by atoms with Crippen LogP contribution in [0.2, 0.25) is 0 Å². The number of hydrogen-bond donors (Lipinski definition) is 1. The van der Waals surface area contributed by atoms with Crippen LogP contribution < -0.4 is 10.7 Å². The molecule has 1 heterocycles. The maximum Gasteiger partial charge on any atom is 0.239 e. The molecule has 0 spiro atoms. The van der Waals surface area contributed by atoms with Crippen LogP contribution in [0.5, 0.6) is 0 Å². The zero-order chi connectivity index (χ0) is 12.3. The number of fused-ring (bicyclic) bond motifs is 1. The van der Waals surface area contributed by atoms with Crippen LogP contribution in [0.1, 0.15) is 6.92 Å². The molecule has 4 heteroatoms. The van der Waals surface area contributed by atoms with E-state index < -0.39 is 0 Å². The molecule has 1 aromatic heterocycles. The van der Waals surface area contributed by atoms with Gasteiger partial charge >= 0.3 is 0 Å². The minimum Gasteiger partial charge on any atom is -0.355 e. The Bertz CT molecular complexity index is 602. The molecule has 0 aliphatic heterocycles. The molecule has 2 aromatic rings. The number of amides is 1. The van der Waals surface area contributed by atoms with Crippen molar-refractivity contribution in [2.45, 2.75) is 13.5 Å². The first-order valence-corrected chi connectivity index (χ1v) is 5.57. The smallest absolute Gasteiger partial charge is 0.239 e. The lowest BCUT2D eigenvalue weighted by atomic mass is 10.2. The Kier molecular flexibility index (Phi) is 3.23. The SMILES string of the molecule is CCNC(=O)Cn1ccc(=O)c2ccccc21. The third-order valence-electron chi connectivity index (χ3n) is 2.57. The van der Waals surface area contributed by atoms with Crippen molar-refractivity contribution in [1.82, 2.24) is 9.88 Å². The standard InChI is InChI=1S/C13H14N2O2/c1-2-14-13(17)9-15-8-7-12(16)10-5-3-4-6-11(10)15/h3-8H,2,9H2,1H3,(H,14,17). The monoisotopic (exact) mass is 230 g/mol. The Morgan fingerprint density at radius 3 is 2.82 bits per heavy atom. The van der Waals surface area contributed by atoms with E-state index in [0.717, 1.165) is 5.52 Å². The van der Waals surface area contributed by atoms with E-state index in [0.29, 0.717) is 11.9 Å². The molecule has 0 saturated heterocycles. The molecule has 2 rings (SSSR count). The third-order valence-corrected chi connectivity index (χ3v) is 2.57. The maximum atomic E-state index is 11.6. The largest absolute Gasteiger partial charge is 0.355 e. The summed E-state index contributed by atoms with van der Waals surface area (Å²) in [5, 5.41) is 3.37. The number of benzene rings is 1. The van der Waals surface area contributed by atoms with Crippen LogP contribution in [0, 0.1) is 0 Å². The number of pyridine rings is 1. The molecule has 0 atom stereocenters. The summed E-state index contributed by atoms with van der Waals surface area (Å²) in [4.78, 5) is 23.2. The summed E-state index contributed by atoms with van der Waals surface area (Å²) in [6.07, 6.45) is 1.65. The normalized spacial score (nSPS) is 10.4. The first-order valence-electron chi connectivity index (χ1n) is 5.57. The fraction of sp³-hybridized carbons (Fsp3) is 0.231. The van der Waals surface area contributed by atoms with Crippen LogP contribution in [0.3, 0.4) is 0 Å². The highest BCUT2D eigenvalue weighted by molar-refractivity contribution is 5.82. The highest BCUT2D eigenvalue weighted by atomic mass is 16.2. The van der Waals surface area contributed by atoms with Gasteiger partial charge in [-0.25, -0.2) is 0 Å². The summed E-state index contributed by atoms with van der Waals surface area (Å²) in [6.45, 7) is 2.72. The Balaban J connectivity index is 2.45. The number of likely N-dealkylation sites (N-methyl/N-ethyl adjacent to an activating group) is 1. The zero-order valence-corrected chi connectivity index (χ0v) is 9.64. The molecule has 0 fully saturated rings. The van der Waals surface area contributed by atoms with Gasteiger partial charge in [-0.15, -0.1) is 0 Å². The van der Waals surface area contributed by atoms with E-state index in [1.54, 1.807) is 16.8 Å². The number of carbonyl (C=O) groups is 1. The lowest BCUT2D eigenvalue weighted by Gasteiger charge is -2.09. The van der Waals surface area contributed by atoms with Crippen molar-refractivity contribution in [3.8, 4) is 0 Å². The molecule has 0 unspecified atom stereocenters. The van der Waals surface area contributed by atoms with Gasteiger partial charge in [0.05, 0.1) is 5.52 Å². The molecular formula is C13H14N2O2. The van der Waals surface area contributed by atoms with Crippen LogP contribution >= 0.6 is 0 Å². The van der Waals surface area contributed by atoms with Gasteiger partial charge in [0.15, 0.2) is 5.43 Å². The van der Waals surface area contributed by atoms with Crippen molar-refractivity contribution in [1.29, 1.82) is 0 Å². The predicted octanol–water partition coefficient (Wildman–Crippen LogP) is 1.14. The van der Waals surface area contributed by atoms with Gasteiger partial charge < -0.3 is 9.88 Å². The molecule has 17 heavy (non-hydrogen) atoms. The molecule has 0 aliphatic rings. The van der Waals surface area contributed by atoms with Crippen LogP contribution in [0.4, 0.5) is 0 Å². The number of nitrogens with zero attached hydrogens (tertiary/aromatic N) is 1. The first-order chi connectivity index (χ1) is 8.22. The lowest BCUT2D eigenvalue weighted by molar-refractivity contribution is -0.121. The Labute approximate surface area is 98.9 Å².